The predicted octanol–water partition coefficient (Wildman–Crippen LogP) is -0.0422. The molecule has 8 nitrogen and oxygen atoms in total. The Kier molecular flexibility index (Phi) is 3.46. The lowest BCUT2D eigenvalue weighted by atomic mass is 9.74. The van der Waals surface area contributed by atoms with Crippen LogP contribution in [0, 0.1) is 5.41 Å². The quantitative estimate of drug-likeness (QED) is 0.555. The molecule has 0 amide bonds. The summed E-state index contributed by atoms with van der Waals surface area (Å²) < 4.78 is 0. The molecule has 0 heterocycles. The van der Waals surface area contributed by atoms with E-state index in [-0.39, 0.29) is 0 Å². The monoisotopic (exact) mass is 270 g/mol. The maximum absolute atomic E-state index is 11.1. The fourth-order valence-corrected chi connectivity index (χ4v) is 1.79. The molecule has 1 aliphatic rings. The van der Waals surface area contributed by atoms with Gasteiger partial charge in [0.15, 0.2) is 0 Å². The van der Waals surface area contributed by atoms with Gasteiger partial charge in [0.25, 0.3) is 0 Å². The third-order valence-electron chi connectivity index (χ3n) is 2.77. The zero-order valence-corrected chi connectivity index (χ0v) is 9.71. The van der Waals surface area contributed by atoms with Gasteiger partial charge in [-0.1, -0.05) is 6.08 Å². The Bertz CT molecular complexity index is 553. The first-order chi connectivity index (χ1) is 8.60. The lowest BCUT2D eigenvalue weighted by Crippen LogP contribution is -2.34. The summed E-state index contributed by atoms with van der Waals surface area (Å²) in [7, 11) is 0. The van der Waals surface area contributed by atoms with E-state index in [0.29, 0.717) is 0 Å². The molecule has 1 unspecified atom stereocenters. The highest BCUT2D eigenvalue weighted by Crippen LogP contribution is 2.38. The van der Waals surface area contributed by atoms with E-state index in [4.69, 9.17) is 20.4 Å². The molecule has 102 valence electrons. The van der Waals surface area contributed by atoms with Crippen LogP contribution in [0.3, 0.4) is 0 Å². The third kappa shape index (κ3) is 2.46. The van der Waals surface area contributed by atoms with Gasteiger partial charge in [-0.15, -0.1) is 0 Å². The summed E-state index contributed by atoms with van der Waals surface area (Å²) in [5.74, 6) is -6.51. The second-order valence-corrected chi connectivity index (χ2v) is 4.23. The Hall–Kier alpha value is -2.64. The van der Waals surface area contributed by atoms with E-state index in [2.05, 4.69) is 0 Å². The number of hydrogen-bond acceptors (Lipinski definition) is 4. The minimum atomic E-state index is -1.78. The van der Waals surface area contributed by atoms with Crippen LogP contribution in [-0.4, -0.2) is 44.3 Å². The van der Waals surface area contributed by atoms with Crippen molar-refractivity contribution in [3.63, 3.8) is 0 Å². The van der Waals surface area contributed by atoms with Crippen molar-refractivity contribution in [1.82, 2.24) is 0 Å². The zero-order chi connectivity index (χ0) is 15.0. The molecule has 0 saturated carbocycles. The van der Waals surface area contributed by atoms with Crippen molar-refractivity contribution in [1.29, 1.82) is 0 Å². The molecule has 0 aromatic heterocycles. The van der Waals surface area contributed by atoms with Crippen molar-refractivity contribution in [2.75, 3.05) is 0 Å². The van der Waals surface area contributed by atoms with E-state index >= 15 is 0 Å². The number of carboxylic acid groups (broad SMARTS) is 4. The largest absolute Gasteiger partial charge is 0.481 e. The first-order valence-electron chi connectivity index (χ1n) is 5.00. The Morgan fingerprint density at radius 2 is 1.53 bits per heavy atom. The normalized spacial score (nSPS) is 22.7. The molecule has 4 N–H and O–H groups in total. The van der Waals surface area contributed by atoms with Crippen LogP contribution < -0.4 is 0 Å². The molecular formula is C11H10O8. The molecule has 0 bridgehead atoms. The van der Waals surface area contributed by atoms with Crippen LogP contribution >= 0.6 is 0 Å². The molecular weight excluding hydrogens is 260 g/mol. The highest BCUT2D eigenvalue weighted by Gasteiger charge is 2.42. The second kappa shape index (κ2) is 4.56. The average Bonchev–Trinajstić information content (AvgIpc) is 2.26. The molecule has 0 aliphatic heterocycles. The van der Waals surface area contributed by atoms with Gasteiger partial charge in [-0.25, -0.2) is 14.4 Å². The number of carbonyl (C=O) groups is 4. The minimum absolute atomic E-state index is 0.601. The standard InChI is InChI=1S/C11H10O8/c1-11(10(18)19)2-4(7(12)13)6(9(16)17)5(3-11)8(14)15/h2H,3H2,1H3,(H,12,13)(H,14,15)(H,16,17)(H,18,19). The van der Waals surface area contributed by atoms with Gasteiger partial charge in [0.1, 0.15) is 0 Å². The Morgan fingerprint density at radius 1 is 1.00 bits per heavy atom. The van der Waals surface area contributed by atoms with Crippen molar-refractivity contribution in [2.24, 2.45) is 5.41 Å². The van der Waals surface area contributed by atoms with Gasteiger partial charge in [0.2, 0.25) is 0 Å². The predicted molar refractivity (Wildman–Crippen MR) is 58.4 cm³/mol. The fourth-order valence-electron chi connectivity index (χ4n) is 1.79. The van der Waals surface area contributed by atoms with E-state index in [1.54, 1.807) is 0 Å². The van der Waals surface area contributed by atoms with Gasteiger partial charge in [0.05, 0.1) is 22.1 Å². The summed E-state index contributed by atoms with van der Waals surface area (Å²) in [4.78, 5) is 44.1. The van der Waals surface area contributed by atoms with Gasteiger partial charge >= 0.3 is 23.9 Å². The smallest absolute Gasteiger partial charge is 0.337 e. The van der Waals surface area contributed by atoms with Gasteiger partial charge < -0.3 is 20.4 Å². The lowest BCUT2D eigenvalue weighted by molar-refractivity contribution is -0.146. The molecule has 0 spiro atoms. The summed E-state index contributed by atoms with van der Waals surface area (Å²) in [5.41, 5.74) is -4.24. The van der Waals surface area contributed by atoms with Crippen molar-refractivity contribution >= 4 is 23.9 Å². The van der Waals surface area contributed by atoms with Crippen LogP contribution in [0.15, 0.2) is 22.8 Å². The van der Waals surface area contributed by atoms with Gasteiger partial charge in [-0.2, -0.15) is 0 Å². The molecule has 0 saturated heterocycles. The van der Waals surface area contributed by atoms with E-state index in [1.165, 1.54) is 0 Å². The van der Waals surface area contributed by atoms with E-state index in [9.17, 15) is 19.2 Å². The van der Waals surface area contributed by atoms with Crippen molar-refractivity contribution in [2.45, 2.75) is 13.3 Å². The summed E-state index contributed by atoms with van der Waals surface area (Å²) in [6.45, 7) is 1.12. The number of hydrogen-bond donors (Lipinski definition) is 4. The van der Waals surface area contributed by atoms with E-state index in [1.807, 2.05) is 0 Å². The van der Waals surface area contributed by atoms with Crippen molar-refractivity contribution in [3.8, 4) is 0 Å². The van der Waals surface area contributed by atoms with E-state index in [0.717, 1.165) is 13.0 Å². The molecule has 1 atom stereocenters. The summed E-state index contributed by atoms with van der Waals surface area (Å²) in [6.07, 6.45) is 0.156. The van der Waals surface area contributed by atoms with Gasteiger partial charge in [-0.3, -0.25) is 4.79 Å². The molecule has 19 heavy (non-hydrogen) atoms. The molecule has 0 aromatic carbocycles. The maximum atomic E-state index is 11.1. The molecule has 1 aliphatic carbocycles. The van der Waals surface area contributed by atoms with Crippen LogP contribution in [0.25, 0.3) is 0 Å². The van der Waals surface area contributed by atoms with E-state index < -0.39 is 52.4 Å². The first-order valence-corrected chi connectivity index (χ1v) is 5.00. The van der Waals surface area contributed by atoms with Gasteiger partial charge in [-0.05, 0) is 13.3 Å². The maximum Gasteiger partial charge on any atom is 0.337 e. The molecule has 8 heteroatoms. The summed E-state index contributed by atoms with van der Waals surface area (Å²) in [5, 5.41) is 35.8. The zero-order valence-electron chi connectivity index (χ0n) is 9.71. The highest BCUT2D eigenvalue weighted by atomic mass is 16.4. The first kappa shape index (κ1) is 14.4. The van der Waals surface area contributed by atoms with Crippen LogP contribution in [0.5, 0.6) is 0 Å². The molecule has 0 fully saturated rings. The third-order valence-corrected chi connectivity index (χ3v) is 2.77. The van der Waals surface area contributed by atoms with Crippen molar-refractivity contribution < 1.29 is 39.6 Å². The summed E-state index contributed by atoms with van der Waals surface area (Å²) >= 11 is 0. The molecule has 0 radical (unpaired) electrons. The van der Waals surface area contributed by atoms with Crippen LogP contribution in [0.2, 0.25) is 0 Å². The van der Waals surface area contributed by atoms with Crippen LogP contribution in [0.1, 0.15) is 13.3 Å². The molecule has 0 aromatic rings. The van der Waals surface area contributed by atoms with Crippen LogP contribution in [-0.2, 0) is 19.2 Å². The topological polar surface area (TPSA) is 149 Å². The average molecular weight is 270 g/mol. The SMILES string of the molecule is CC1(C(=O)O)C=C(C(=O)O)C(C(=O)O)=C(C(=O)O)C1. The highest BCUT2D eigenvalue weighted by molar-refractivity contribution is 6.12. The lowest BCUT2D eigenvalue weighted by Gasteiger charge is -2.27. The number of rotatable bonds is 4. The van der Waals surface area contributed by atoms with Crippen LogP contribution in [0.4, 0.5) is 0 Å². The Labute approximate surface area is 106 Å². The number of carboxylic acids is 4. The minimum Gasteiger partial charge on any atom is -0.481 e. The second-order valence-electron chi connectivity index (χ2n) is 4.23. The van der Waals surface area contributed by atoms with Crippen molar-refractivity contribution in [3.05, 3.63) is 22.8 Å². The Morgan fingerprint density at radius 3 is 1.84 bits per heavy atom. The van der Waals surface area contributed by atoms with Gasteiger partial charge in [0, 0.05) is 0 Å². The summed E-state index contributed by atoms with van der Waals surface area (Å²) in [6, 6.07) is 0. The number of aliphatic carboxylic acids is 4. The Balaban J connectivity index is 3.60. The molecule has 1 rings (SSSR count). The fraction of sp³-hybridized carbons (Fsp3) is 0.273.